The van der Waals surface area contributed by atoms with Gasteiger partial charge in [0.25, 0.3) is 0 Å². The predicted octanol–water partition coefficient (Wildman–Crippen LogP) is 2.83. The molecule has 0 saturated heterocycles. The van der Waals surface area contributed by atoms with Gasteiger partial charge in [-0.05, 0) is 43.9 Å². The Balaban J connectivity index is 2.07. The van der Waals surface area contributed by atoms with E-state index >= 15 is 0 Å². The Kier molecular flexibility index (Phi) is 6.04. The fourth-order valence-electron chi connectivity index (χ4n) is 6.54. The summed E-state index contributed by atoms with van der Waals surface area (Å²) in [4.78, 5) is 25.5. The Hall–Kier alpha value is -1.24. The highest BCUT2D eigenvalue weighted by Crippen LogP contribution is 2.78. The molecule has 1 unspecified atom stereocenters. The van der Waals surface area contributed by atoms with Crippen LogP contribution >= 0.6 is 0 Å². The number of hydrogen-bond donors (Lipinski definition) is 2. The van der Waals surface area contributed by atoms with E-state index in [9.17, 15) is 14.7 Å². The van der Waals surface area contributed by atoms with Gasteiger partial charge in [0, 0.05) is 30.7 Å². The molecule has 0 spiro atoms. The maximum Gasteiger partial charge on any atom is 0.315 e. The average Bonchev–Trinajstić information content (AvgIpc) is 3.00. The van der Waals surface area contributed by atoms with Gasteiger partial charge in [-0.25, -0.2) is 0 Å². The van der Waals surface area contributed by atoms with E-state index in [0.717, 1.165) is 18.3 Å². The van der Waals surface area contributed by atoms with Crippen molar-refractivity contribution in [2.75, 3.05) is 26.4 Å². The molecule has 3 aliphatic rings. The number of carboxylic acid groups (broad SMARTS) is 1. The summed E-state index contributed by atoms with van der Waals surface area (Å²) in [6, 6.07) is 0. The lowest BCUT2D eigenvalue weighted by molar-refractivity contribution is -0.185. The molecule has 0 heterocycles. The molecule has 0 amide bonds. The molecule has 0 radical (unpaired) electrons. The van der Waals surface area contributed by atoms with Crippen molar-refractivity contribution in [3.8, 4) is 0 Å². The van der Waals surface area contributed by atoms with E-state index in [-0.39, 0.29) is 24.5 Å². The molecule has 4 bridgehead atoms. The van der Waals surface area contributed by atoms with Crippen LogP contribution in [0, 0.1) is 28.1 Å². The summed E-state index contributed by atoms with van der Waals surface area (Å²) in [7, 11) is 0. The topological polar surface area (TPSA) is 93.1 Å². The normalized spacial score (nSPS) is 38.7. The number of aldehydes is 1. The number of aliphatic hydroxyl groups is 1. The van der Waals surface area contributed by atoms with E-state index in [1.807, 2.05) is 20.8 Å². The first kappa shape index (κ1) is 21.5. The van der Waals surface area contributed by atoms with Gasteiger partial charge >= 0.3 is 5.97 Å². The zero-order chi connectivity index (χ0) is 20.6. The number of rotatable bonds is 11. The number of hydrogen-bond acceptors (Lipinski definition) is 5. The van der Waals surface area contributed by atoms with E-state index in [4.69, 9.17) is 14.6 Å². The molecule has 5 atom stereocenters. The highest BCUT2D eigenvalue weighted by Gasteiger charge is 2.81. The molecule has 6 heteroatoms. The van der Waals surface area contributed by atoms with Crippen molar-refractivity contribution in [2.45, 2.75) is 59.0 Å². The lowest BCUT2D eigenvalue weighted by Crippen LogP contribution is -2.61. The van der Waals surface area contributed by atoms with Crippen LogP contribution in [0.3, 0.4) is 0 Å². The van der Waals surface area contributed by atoms with Crippen molar-refractivity contribution in [2.24, 2.45) is 28.1 Å². The van der Waals surface area contributed by atoms with Crippen molar-refractivity contribution in [3.63, 3.8) is 0 Å². The molecule has 2 fully saturated rings. The number of aliphatic hydroxyl groups excluding tert-OH is 1. The Labute approximate surface area is 167 Å². The molecule has 28 heavy (non-hydrogen) atoms. The first-order valence-corrected chi connectivity index (χ1v) is 10.6. The molecule has 6 nitrogen and oxygen atoms in total. The molecule has 158 valence electrons. The maximum atomic E-state index is 12.9. The summed E-state index contributed by atoms with van der Waals surface area (Å²) in [5.41, 5.74) is -1.95. The molecule has 2 saturated carbocycles. The van der Waals surface area contributed by atoms with Gasteiger partial charge in [-0.1, -0.05) is 32.4 Å². The zero-order valence-corrected chi connectivity index (χ0v) is 17.3. The molecule has 0 aliphatic heterocycles. The largest absolute Gasteiger partial charge is 0.481 e. The van der Waals surface area contributed by atoms with E-state index in [1.54, 1.807) is 0 Å². The summed E-state index contributed by atoms with van der Waals surface area (Å²) >= 11 is 0. The third-order valence-electron chi connectivity index (χ3n) is 7.32. The monoisotopic (exact) mass is 394 g/mol. The van der Waals surface area contributed by atoms with Crippen LogP contribution in [0.4, 0.5) is 0 Å². The van der Waals surface area contributed by atoms with Crippen molar-refractivity contribution in [1.29, 1.82) is 0 Å². The standard InChI is InChI=1S/C22H34O6/c1-4-7-27-14-21-12-17(28-8-5-6-23)11-20(13-24)10-16(21)9-18(15(2)3)22(20,21)19(25)26/h9,13,15-17,23H,4-8,10-12,14H2,1-3H3,(H,25,26)/t16-,17?,20-,21-,22-/m0/s1. The van der Waals surface area contributed by atoms with Gasteiger partial charge in [-0.15, -0.1) is 0 Å². The predicted molar refractivity (Wildman–Crippen MR) is 104 cm³/mol. The van der Waals surface area contributed by atoms with Gasteiger partial charge < -0.3 is 24.5 Å². The van der Waals surface area contributed by atoms with Gasteiger partial charge in [0.2, 0.25) is 0 Å². The van der Waals surface area contributed by atoms with Crippen molar-refractivity contribution in [1.82, 2.24) is 0 Å². The zero-order valence-electron chi connectivity index (χ0n) is 17.3. The molecule has 2 N–H and O–H groups in total. The number of ether oxygens (including phenoxy) is 2. The lowest BCUT2D eigenvalue weighted by atomic mass is 9.47. The Morgan fingerprint density at radius 3 is 2.64 bits per heavy atom. The van der Waals surface area contributed by atoms with Gasteiger partial charge in [-0.3, -0.25) is 4.79 Å². The van der Waals surface area contributed by atoms with Crippen LogP contribution in [0.2, 0.25) is 0 Å². The summed E-state index contributed by atoms with van der Waals surface area (Å²) in [6.07, 6.45) is 5.78. The quantitative estimate of drug-likeness (QED) is 0.318. The second kappa shape index (κ2) is 7.88. The minimum atomic E-state index is -1.22. The van der Waals surface area contributed by atoms with Crippen molar-refractivity contribution >= 4 is 12.3 Å². The minimum absolute atomic E-state index is 0.00879. The van der Waals surface area contributed by atoms with Crippen LogP contribution < -0.4 is 0 Å². The average molecular weight is 395 g/mol. The van der Waals surface area contributed by atoms with Gasteiger partial charge in [0.05, 0.1) is 12.7 Å². The van der Waals surface area contributed by atoms with Crippen LogP contribution in [0.5, 0.6) is 0 Å². The molecule has 0 aromatic carbocycles. The fourth-order valence-corrected chi connectivity index (χ4v) is 6.54. The van der Waals surface area contributed by atoms with E-state index in [2.05, 4.69) is 6.08 Å². The second-order valence-corrected chi connectivity index (χ2v) is 9.10. The third kappa shape index (κ3) is 2.71. The van der Waals surface area contributed by atoms with Crippen LogP contribution in [0.15, 0.2) is 11.6 Å². The van der Waals surface area contributed by atoms with Crippen LogP contribution in [-0.4, -0.2) is 55.0 Å². The molecule has 0 aromatic rings. The van der Waals surface area contributed by atoms with Crippen LogP contribution in [0.1, 0.15) is 52.9 Å². The van der Waals surface area contributed by atoms with Crippen LogP contribution in [0.25, 0.3) is 0 Å². The van der Waals surface area contributed by atoms with Crippen molar-refractivity contribution in [3.05, 3.63) is 11.6 Å². The summed E-state index contributed by atoms with van der Waals surface area (Å²) in [6.45, 7) is 7.44. The van der Waals surface area contributed by atoms with E-state index in [1.165, 1.54) is 0 Å². The Morgan fingerprint density at radius 2 is 2.07 bits per heavy atom. The van der Waals surface area contributed by atoms with Gasteiger partial charge in [0.15, 0.2) is 0 Å². The highest BCUT2D eigenvalue weighted by molar-refractivity contribution is 5.90. The number of carboxylic acids is 1. The third-order valence-corrected chi connectivity index (χ3v) is 7.32. The van der Waals surface area contributed by atoms with Gasteiger partial charge in [0.1, 0.15) is 11.7 Å². The first-order chi connectivity index (χ1) is 13.3. The molecule has 0 aromatic heterocycles. The maximum absolute atomic E-state index is 12.9. The number of carbonyl (C=O) groups is 2. The number of allylic oxidation sites excluding steroid dienone is 1. The summed E-state index contributed by atoms with van der Waals surface area (Å²) in [5.74, 6) is -0.832. The van der Waals surface area contributed by atoms with Crippen molar-refractivity contribution < 1.29 is 29.3 Å². The summed E-state index contributed by atoms with van der Waals surface area (Å²) < 4.78 is 12.0. The smallest absolute Gasteiger partial charge is 0.315 e. The first-order valence-electron chi connectivity index (χ1n) is 10.6. The van der Waals surface area contributed by atoms with Gasteiger partial charge in [-0.2, -0.15) is 0 Å². The molecular formula is C22H34O6. The second-order valence-electron chi connectivity index (χ2n) is 9.10. The molecule has 3 rings (SSSR count). The Morgan fingerprint density at radius 1 is 1.32 bits per heavy atom. The van der Waals surface area contributed by atoms with E-state index in [0.29, 0.717) is 45.5 Å². The summed E-state index contributed by atoms with van der Waals surface area (Å²) in [5, 5.41) is 19.7. The molecular weight excluding hydrogens is 360 g/mol. The lowest BCUT2D eigenvalue weighted by Gasteiger charge is -2.55. The molecule has 3 aliphatic carbocycles. The highest BCUT2D eigenvalue weighted by atomic mass is 16.5. The Bertz CT molecular complexity index is 643. The minimum Gasteiger partial charge on any atom is -0.481 e. The number of carbonyl (C=O) groups excluding carboxylic acids is 1. The number of aliphatic carboxylic acids is 1. The SMILES string of the molecule is CCCOC[C@@]12CC(OCCCO)C[C@]3(C=O)C[C@@H]1C=C(C(C)C)[C@]32C(=O)O. The van der Waals surface area contributed by atoms with Crippen LogP contribution in [-0.2, 0) is 19.1 Å². The fraction of sp³-hybridized carbons (Fsp3) is 0.818. The van der Waals surface area contributed by atoms with E-state index < -0.39 is 22.2 Å².